The topological polar surface area (TPSA) is 34.1 Å². The van der Waals surface area contributed by atoms with Crippen molar-refractivity contribution in [2.45, 2.75) is 5.25 Å². The van der Waals surface area contributed by atoms with Gasteiger partial charge in [0, 0.05) is 11.1 Å². The van der Waals surface area contributed by atoms with Crippen molar-refractivity contribution in [3.8, 4) is 0 Å². The molecule has 1 atom stereocenters. The molecule has 1 unspecified atom stereocenters. The summed E-state index contributed by atoms with van der Waals surface area (Å²) < 4.78 is 0. The van der Waals surface area contributed by atoms with Crippen LogP contribution in [0.2, 0.25) is 0 Å². The van der Waals surface area contributed by atoms with Gasteiger partial charge in [0.2, 0.25) is 0 Å². The van der Waals surface area contributed by atoms with Crippen LogP contribution >= 0.6 is 21.6 Å². The van der Waals surface area contributed by atoms with Gasteiger partial charge in [-0.2, -0.15) is 0 Å². The zero-order valence-corrected chi connectivity index (χ0v) is 12.7. The van der Waals surface area contributed by atoms with Gasteiger partial charge in [0.1, 0.15) is 0 Å². The molecule has 2 aromatic carbocycles. The summed E-state index contributed by atoms with van der Waals surface area (Å²) in [7, 11) is 2.81. The third-order valence-corrected chi connectivity index (χ3v) is 5.72. The number of rotatable bonds is 4. The van der Waals surface area contributed by atoms with E-state index in [0.717, 1.165) is 0 Å². The molecule has 0 saturated heterocycles. The van der Waals surface area contributed by atoms with E-state index in [1.807, 2.05) is 36.4 Å². The van der Waals surface area contributed by atoms with E-state index in [1.54, 1.807) is 30.3 Å². The predicted octanol–water partition coefficient (Wildman–Crippen LogP) is 4.40. The van der Waals surface area contributed by atoms with Crippen molar-refractivity contribution in [2.24, 2.45) is 0 Å². The van der Waals surface area contributed by atoms with Crippen LogP contribution in [0.1, 0.15) is 20.7 Å². The average molecular weight is 312 g/mol. The normalized spacial score (nSPS) is 17.3. The van der Waals surface area contributed by atoms with E-state index < -0.39 is 0 Å². The molecule has 0 radical (unpaired) electrons. The van der Waals surface area contributed by atoms with Gasteiger partial charge >= 0.3 is 0 Å². The van der Waals surface area contributed by atoms with Gasteiger partial charge in [0.05, 0.1) is 10.2 Å². The number of ketones is 2. The average Bonchev–Trinajstić information content (AvgIpc) is 3.05. The maximum atomic E-state index is 12.4. The lowest BCUT2D eigenvalue weighted by atomic mass is 10.1. The smallest absolute Gasteiger partial charge is 0.199 e. The molecule has 3 rings (SSSR count). The molecule has 2 nitrogen and oxygen atoms in total. The molecule has 0 amide bonds. The highest BCUT2D eigenvalue weighted by Crippen LogP contribution is 2.44. The van der Waals surface area contributed by atoms with Crippen LogP contribution in [-0.2, 0) is 0 Å². The zero-order chi connectivity index (χ0) is 14.7. The number of allylic oxidation sites excluding steroid dienone is 1. The van der Waals surface area contributed by atoms with Crippen LogP contribution < -0.4 is 0 Å². The first-order chi connectivity index (χ1) is 10.3. The second kappa shape index (κ2) is 6.33. The Morgan fingerprint density at radius 3 is 2.00 bits per heavy atom. The van der Waals surface area contributed by atoms with Crippen molar-refractivity contribution in [2.75, 3.05) is 0 Å². The summed E-state index contributed by atoms with van der Waals surface area (Å²) in [4.78, 5) is 25.3. The fourth-order valence-electron chi connectivity index (χ4n) is 2.03. The fraction of sp³-hybridized carbons (Fsp3) is 0.0588. The SMILES string of the molecule is O=C(C1=CC(C(=O)c2ccccc2)SS1)c1ccccc1. The Hall–Kier alpha value is -1.78. The summed E-state index contributed by atoms with van der Waals surface area (Å²) in [6.45, 7) is 0. The molecule has 0 saturated carbocycles. The standard InChI is InChI=1S/C17H12O2S2/c18-16(12-7-3-1-4-8-12)14-11-15(21-20-14)17(19)13-9-5-2-6-10-13/h1-11,14H. The van der Waals surface area contributed by atoms with Crippen molar-refractivity contribution in [1.82, 2.24) is 0 Å². The van der Waals surface area contributed by atoms with Gasteiger partial charge in [-0.3, -0.25) is 9.59 Å². The van der Waals surface area contributed by atoms with E-state index in [-0.39, 0.29) is 16.8 Å². The summed E-state index contributed by atoms with van der Waals surface area (Å²) >= 11 is 0. The molecule has 1 aliphatic heterocycles. The Kier molecular flexibility index (Phi) is 4.27. The molecular formula is C17H12O2S2. The lowest BCUT2D eigenvalue weighted by Crippen LogP contribution is -2.12. The number of benzene rings is 2. The predicted molar refractivity (Wildman–Crippen MR) is 88.6 cm³/mol. The molecule has 1 heterocycles. The third kappa shape index (κ3) is 3.12. The van der Waals surface area contributed by atoms with Crippen LogP contribution in [0.4, 0.5) is 0 Å². The fourth-order valence-corrected chi connectivity index (χ4v) is 4.57. The minimum absolute atomic E-state index is 0.0172. The van der Waals surface area contributed by atoms with Gasteiger partial charge in [-0.25, -0.2) is 0 Å². The van der Waals surface area contributed by atoms with Crippen LogP contribution in [0.15, 0.2) is 71.6 Å². The van der Waals surface area contributed by atoms with E-state index in [2.05, 4.69) is 0 Å². The molecule has 2 aromatic rings. The first kappa shape index (κ1) is 14.2. The summed E-state index contributed by atoms with van der Waals surface area (Å²) in [5, 5.41) is -0.292. The summed E-state index contributed by atoms with van der Waals surface area (Å²) in [5.74, 6) is 0.0282. The number of hydrogen-bond donors (Lipinski definition) is 0. The van der Waals surface area contributed by atoms with Gasteiger partial charge in [-0.1, -0.05) is 82.3 Å². The summed E-state index contributed by atoms with van der Waals surface area (Å²) in [6, 6.07) is 18.3. The van der Waals surface area contributed by atoms with E-state index >= 15 is 0 Å². The Bertz CT molecular complexity index is 693. The highest BCUT2D eigenvalue weighted by Gasteiger charge is 2.28. The quantitative estimate of drug-likeness (QED) is 0.619. The van der Waals surface area contributed by atoms with Crippen molar-refractivity contribution >= 4 is 33.2 Å². The minimum Gasteiger partial charge on any atom is -0.293 e. The zero-order valence-electron chi connectivity index (χ0n) is 11.1. The van der Waals surface area contributed by atoms with Gasteiger partial charge in [-0.05, 0) is 6.08 Å². The lowest BCUT2D eigenvalue weighted by molar-refractivity contribution is 0.100. The largest absolute Gasteiger partial charge is 0.293 e. The summed E-state index contributed by atoms with van der Waals surface area (Å²) in [6.07, 6.45) is 1.78. The van der Waals surface area contributed by atoms with Crippen LogP contribution in [0.3, 0.4) is 0 Å². The Balaban J connectivity index is 1.79. The molecule has 104 valence electrons. The number of carbonyl (C=O) groups is 2. The first-order valence-electron chi connectivity index (χ1n) is 6.50. The molecule has 4 heteroatoms. The Labute approximate surface area is 131 Å². The van der Waals surface area contributed by atoms with E-state index in [4.69, 9.17) is 0 Å². The van der Waals surface area contributed by atoms with Crippen LogP contribution in [0.25, 0.3) is 0 Å². The number of hydrogen-bond acceptors (Lipinski definition) is 4. The molecule has 21 heavy (non-hydrogen) atoms. The molecular weight excluding hydrogens is 300 g/mol. The van der Waals surface area contributed by atoms with Gasteiger partial charge in [-0.15, -0.1) is 0 Å². The van der Waals surface area contributed by atoms with Gasteiger partial charge in [0.25, 0.3) is 0 Å². The van der Waals surface area contributed by atoms with Crippen molar-refractivity contribution < 1.29 is 9.59 Å². The van der Waals surface area contributed by atoms with E-state index in [1.165, 1.54) is 21.6 Å². The van der Waals surface area contributed by atoms with Crippen LogP contribution in [0, 0.1) is 0 Å². The summed E-state index contributed by atoms with van der Waals surface area (Å²) in [5.41, 5.74) is 1.34. The molecule has 0 bridgehead atoms. The van der Waals surface area contributed by atoms with Crippen LogP contribution in [-0.4, -0.2) is 16.8 Å². The molecule has 1 aliphatic rings. The van der Waals surface area contributed by atoms with Gasteiger partial charge in [0.15, 0.2) is 11.6 Å². The van der Waals surface area contributed by atoms with Crippen molar-refractivity contribution in [3.63, 3.8) is 0 Å². The monoisotopic (exact) mass is 312 g/mol. The molecule has 0 N–H and O–H groups in total. The first-order valence-corrected chi connectivity index (χ1v) is 8.71. The molecule has 0 fully saturated rings. The minimum atomic E-state index is -0.292. The van der Waals surface area contributed by atoms with E-state index in [0.29, 0.717) is 16.0 Å². The van der Waals surface area contributed by atoms with Crippen molar-refractivity contribution in [1.29, 1.82) is 0 Å². The Morgan fingerprint density at radius 2 is 1.38 bits per heavy atom. The van der Waals surface area contributed by atoms with E-state index in [9.17, 15) is 9.59 Å². The highest BCUT2D eigenvalue weighted by atomic mass is 33.1. The number of Topliss-reactive ketones (excluding diaryl/α,β-unsaturated/α-hetero) is 2. The molecule has 0 spiro atoms. The maximum Gasteiger partial charge on any atom is 0.199 e. The van der Waals surface area contributed by atoms with Crippen LogP contribution in [0.5, 0.6) is 0 Å². The second-order valence-electron chi connectivity index (χ2n) is 4.56. The molecule has 0 aromatic heterocycles. The number of carbonyl (C=O) groups excluding carboxylic acids is 2. The Morgan fingerprint density at radius 1 is 0.810 bits per heavy atom. The van der Waals surface area contributed by atoms with Gasteiger partial charge < -0.3 is 0 Å². The highest BCUT2D eigenvalue weighted by molar-refractivity contribution is 8.79. The van der Waals surface area contributed by atoms with Crippen molar-refractivity contribution in [3.05, 3.63) is 82.8 Å². The second-order valence-corrected chi connectivity index (χ2v) is 6.94. The maximum absolute atomic E-state index is 12.4. The lowest BCUT2D eigenvalue weighted by Gasteiger charge is -2.03. The third-order valence-electron chi connectivity index (χ3n) is 3.12. The molecule has 0 aliphatic carbocycles.